The van der Waals surface area contributed by atoms with Crippen molar-refractivity contribution >= 4 is 11.8 Å². The number of nitrogen functional groups attached to an aromatic ring is 1. The van der Waals surface area contributed by atoms with Gasteiger partial charge < -0.3 is 10.8 Å². The van der Waals surface area contributed by atoms with Crippen molar-refractivity contribution in [2.45, 2.75) is 43.9 Å². The van der Waals surface area contributed by atoms with E-state index in [2.05, 4.69) is 4.98 Å². The molecule has 0 radical (unpaired) electrons. The zero-order chi connectivity index (χ0) is 13.9. The summed E-state index contributed by atoms with van der Waals surface area (Å²) in [5, 5.41) is 9.07. The highest BCUT2D eigenvalue weighted by Gasteiger charge is 2.52. The van der Waals surface area contributed by atoms with Crippen molar-refractivity contribution in [1.29, 1.82) is 0 Å². The zero-order valence-electron chi connectivity index (χ0n) is 11.5. The van der Waals surface area contributed by atoms with Crippen molar-refractivity contribution in [2.75, 3.05) is 5.73 Å². The van der Waals surface area contributed by atoms with Gasteiger partial charge in [-0.15, -0.1) is 0 Å². The summed E-state index contributed by atoms with van der Waals surface area (Å²) in [6, 6.07) is 3.55. The fraction of sp³-hybridized carbons (Fsp3) is 0.625. The number of carbonyl (C=O) groups is 1. The van der Waals surface area contributed by atoms with Crippen LogP contribution in [0.2, 0.25) is 0 Å². The van der Waals surface area contributed by atoms with E-state index in [0.29, 0.717) is 0 Å². The van der Waals surface area contributed by atoms with Crippen LogP contribution >= 0.6 is 0 Å². The molecule has 4 fully saturated rings. The number of hydrogen-bond donors (Lipinski definition) is 2. The Morgan fingerprint density at radius 1 is 1.15 bits per heavy atom. The largest absolute Gasteiger partial charge is 0.478 e. The molecule has 20 heavy (non-hydrogen) atoms. The number of hydrogen-bond acceptors (Lipinski definition) is 3. The molecule has 0 amide bonds. The second-order valence-electron chi connectivity index (χ2n) is 7.13. The topological polar surface area (TPSA) is 76.2 Å². The second kappa shape index (κ2) is 3.96. The third-order valence-corrected chi connectivity index (χ3v) is 5.74. The van der Waals surface area contributed by atoms with Crippen LogP contribution in [0.4, 0.5) is 5.82 Å². The summed E-state index contributed by atoms with van der Waals surface area (Å²) in [6.07, 6.45) is 7.83. The van der Waals surface area contributed by atoms with E-state index < -0.39 is 5.97 Å². The van der Waals surface area contributed by atoms with Gasteiger partial charge in [0.1, 0.15) is 11.4 Å². The summed E-state index contributed by atoms with van der Waals surface area (Å²) >= 11 is 0. The monoisotopic (exact) mass is 272 g/mol. The Morgan fingerprint density at radius 3 is 2.15 bits per heavy atom. The number of rotatable bonds is 2. The minimum absolute atomic E-state index is 0.124. The number of anilines is 1. The molecular weight excluding hydrogens is 252 g/mol. The summed E-state index contributed by atoms with van der Waals surface area (Å²) in [4.78, 5) is 15.5. The van der Waals surface area contributed by atoms with Gasteiger partial charge in [-0.25, -0.2) is 9.78 Å². The number of nitrogens with zero attached hydrogens (tertiary/aromatic N) is 1. The lowest BCUT2D eigenvalue weighted by atomic mass is 9.49. The minimum Gasteiger partial charge on any atom is -0.478 e. The first-order chi connectivity index (χ1) is 9.56. The van der Waals surface area contributed by atoms with Crippen molar-refractivity contribution in [3.8, 4) is 0 Å². The lowest BCUT2D eigenvalue weighted by Gasteiger charge is -2.56. The normalized spacial score (nSPS) is 38.1. The Kier molecular flexibility index (Phi) is 2.41. The predicted octanol–water partition coefficient (Wildman–Crippen LogP) is 2.83. The first kappa shape index (κ1) is 12.2. The maximum absolute atomic E-state index is 11.1. The minimum atomic E-state index is -0.993. The lowest BCUT2D eigenvalue weighted by Crippen LogP contribution is -2.49. The summed E-state index contributed by atoms with van der Waals surface area (Å²) in [7, 11) is 0. The van der Waals surface area contributed by atoms with Crippen molar-refractivity contribution in [3.63, 3.8) is 0 Å². The fourth-order valence-electron chi connectivity index (χ4n) is 5.38. The Morgan fingerprint density at radius 2 is 1.70 bits per heavy atom. The molecule has 5 rings (SSSR count). The van der Waals surface area contributed by atoms with Crippen molar-refractivity contribution in [1.82, 2.24) is 4.98 Å². The average molecular weight is 272 g/mol. The van der Waals surface area contributed by atoms with Crippen LogP contribution in [0, 0.1) is 17.8 Å². The third kappa shape index (κ3) is 1.67. The molecule has 4 heteroatoms. The maximum atomic E-state index is 11.1. The standard InChI is InChI=1S/C16H20N2O2/c17-14-12(15(19)20)1-2-13(18-14)16-6-9-3-10(7-16)5-11(4-9)8-16/h1-2,9-11H,3-8H2,(H2,17,18)(H,19,20). The Balaban J connectivity index is 1.74. The smallest absolute Gasteiger partial charge is 0.339 e. The molecule has 0 atom stereocenters. The van der Waals surface area contributed by atoms with Crippen LogP contribution in [0.1, 0.15) is 54.6 Å². The van der Waals surface area contributed by atoms with E-state index in [0.717, 1.165) is 23.4 Å². The molecule has 1 heterocycles. The third-order valence-electron chi connectivity index (χ3n) is 5.74. The molecule has 4 bridgehead atoms. The van der Waals surface area contributed by atoms with E-state index >= 15 is 0 Å². The quantitative estimate of drug-likeness (QED) is 0.868. The molecule has 0 unspecified atom stereocenters. The van der Waals surface area contributed by atoms with Crippen molar-refractivity contribution in [3.05, 3.63) is 23.4 Å². The average Bonchev–Trinajstić information content (AvgIpc) is 2.36. The number of carboxylic acids is 1. The van der Waals surface area contributed by atoms with Crippen molar-refractivity contribution in [2.24, 2.45) is 17.8 Å². The molecule has 3 N–H and O–H groups in total. The summed E-state index contributed by atoms with van der Waals surface area (Å²) < 4.78 is 0. The van der Waals surface area contributed by atoms with Gasteiger partial charge in [0, 0.05) is 11.1 Å². The highest BCUT2D eigenvalue weighted by molar-refractivity contribution is 5.92. The SMILES string of the molecule is Nc1nc(C23CC4CC(CC(C4)C2)C3)ccc1C(=O)O. The van der Waals surface area contributed by atoms with Crippen LogP contribution in [-0.4, -0.2) is 16.1 Å². The molecule has 1 aromatic heterocycles. The first-order valence-corrected chi connectivity index (χ1v) is 7.56. The number of aromatic nitrogens is 1. The molecule has 0 aliphatic heterocycles. The van der Waals surface area contributed by atoms with Crippen LogP contribution in [0.3, 0.4) is 0 Å². The Bertz CT molecular complexity index is 547. The number of nitrogens with two attached hydrogens (primary N) is 1. The highest BCUT2D eigenvalue weighted by atomic mass is 16.4. The number of carboxylic acid groups (broad SMARTS) is 1. The molecule has 4 saturated carbocycles. The molecule has 106 valence electrons. The summed E-state index contributed by atoms with van der Waals surface area (Å²) in [5.41, 5.74) is 7.19. The molecule has 0 saturated heterocycles. The van der Waals surface area contributed by atoms with E-state index in [4.69, 9.17) is 10.8 Å². The fourth-order valence-corrected chi connectivity index (χ4v) is 5.38. The van der Waals surface area contributed by atoms with Gasteiger partial charge in [0.25, 0.3) is 0 Å². The molecule has 1 aromatic rings. The van der Waals surface area contributed by atoms with E-state index in [-0.39, 0.29) is 16.8 Å². The van der Waals surface area contributed by atoms with Crippen LogP contribution in [0.5, 0.6) is 0 Å². The highest BCUT2D eigenvalue weighted by Crippen LogP contribution is 2.60. The van der Waals surface area contributed by atoms with Gasteiger partial charge in [-0.05, 0) is 68.4 Å². The molecule has 0 aromatic carbocycles. The van der Waals surface area contributed by atoms with Crippen LogP contribution in [-0.2, 0) is 5.41 Å². The van der Waals surface area contributed by atoms with Gasteiger partial charge in [0.05, 0.1) is 0 Å². The maximum Gasteiger partial charge on any atom is 0.339 e. The van der Waals surface area contributed by atoms with Gasteiger partial charge >= 0.3 is 5.97 Å². The van der Waals surface area contributed by atoms with Crippen LogP contribution < -0.4 is 5.73 Å². The summed E-state index contributed by atoms with van der Waals surface area (Å²) in [6.45, 7) is 0. The van der Waals surface area contributed by atoms with Gasteiger partial charge in [-0.1, -0.05) is 0 Å². The number of aromatic carboxylic acids is 1. The Labute approximate surface area is 118 Å². The van der Waals surface area contributed by atoms with Crippen LogP contribution in [0.15, 0.2) is 12.1 Å². The van der Waals surface area contributed by atoms with E-state index in [1.54, 1.807) is 6.07 Å². The number of pyridine rings is 1. The van der Waals surface area contributed by atoms with Crippen molar-refractivity contribution < 1.29 is 9.90 Å². The van der Waals surface area contributed by atoms with E-state index in [1.165, 1.54) is 38.5 Å². The predicted molar refractivity (Wildman–Crippen MR) is 75.5 cm³/mol. The molecule has 4 nitrogen and oxygen atoms in total. The van der Waals surface area contributed by atoms with E-state index in [9.17, 15) is 4.79 Å². The van der Waals surface area contributed by atoms with Gasteiger partial charge in [0.2, 0.25) is 0 Å². The van der Waals surface area contributed by atoms with Gasteiger partial charge in [0.15, 0.2) is 0 Å². The van der Waals surface area contributed by atoms with Crippen LogP contribution in [0.25, 0.3) is 0 Å². The van der Waals surface area contributed by atoms with E-state index in [1.807, 2.05) is 6.07 Å². The summed E-state index contributed by atoms with van der Waals surface area (Å²) in [5.74, 6) is 1.73. The molecular formula is C16H20N2O2. The first-order valence-electron chi connectivity index (χ1n) is 7.56. The molecule has 4 aliphatic rings. The van der Waals surface area contributed by atoms with Gasteiger partial charge in [-0.2, -0.15) is 0 Å². The molecule has 4 aliphatic carbocycles. The second-order valence-corrected chi connectivity index (χ2v) is 7.13. The zero-order valence-corrected chi connectivity index (χ0v) is 11.5. The van der Waals surface area contributed by atoms with Gasteiger partial charge in [-0.3, -0.25) is 0 Å². The molecule has 0 spiro atoms. The Hall–Kier alpha value is -1.58. The lowest BCUT2D eigenvalue weighted by molar-refractivity contribution is -0.00716.